The zero-order chi connectivity index (χ0) is 30.0. The Hall–Kier alpha value is -3.40. The van der Waals surface area contributed by atoms with E-state index in [1.165, 1.54) is 6.92 Å². The molecule has 2 aromatic rings. The highest BCUT2D eigenvalue weighted by Crippen LogP contribution is 2.40. The summed E-state index contributed by atoms with van der Waals surface area (Å²) in [5.74, 6) is 0.0691. The number of carbonyl (C=O) groups is 3. The van der Waals surface area contributed by atoms with Crippen LogP contribution < -0.4 is 15.4 Å². The molecule has 41 heavy (non-hydrogen) atoms. The smallest absolute Gasteiger partial charge is 0.255 e. The molecule has 0 saturated heterocycles. The van der Waals surface area contributed by atoms with Gasteiger partial charge in [-0.2, -0.15) is 0 Å². The van der Waals surface area contributed by atoms with Gasteiger partial charge in [-0.25, -0.2) is 0 Å². The third-order valence-corrected chi connectivity index (χ3v) is 6.85. The lowest BCUT2D eigenvalue weighted by atomic mass is 9.78. The molecule has 0 unspecified atom stereocenters. The minimum Gasteiger partial charge on any atom is -0.507 e. The first kappa shape index (κ1) is 33.8. The van der Waals surface area contributed by atoms with Gasteiger partial charge in [-0.3, -0.25) is 19.8 Å². The third-order valence-electron chi connectivity index (χ3n) is 6.85. The van der Waals surface area contributed by atoms with Gasteiger partial charge >= 0.3 is 0 Å². The molecule has 0 saturated carbocycles. The van der Waals surface area contributed by atoms with Crippen LogP contribution in [0.3, 0.4) is 0 Å². The quantitative estimate of drug-likeness (QED) is 0.231. The van der Waals surface area contributed by atoms with Crippen molar-refractivity contribution in [1.82, 2.24) is 15.5 Å². The Morgan fingerprint density at radius 3 is 2.05 bits per heavy atom. The van der Waals surface area contributed by atoms with Crippen molar-refractivity contribution in [3.63, 3.8) is 0 Å². The van der Waals surface area contributed by atoms with Gasteiger partial charge in [0.15, 0.2) is 5.78 Å². The van der Waals surface area contributed by atoms with E-state index in [-0.39, 0.29) is 70.1 Å². The number of ketones is 1. The van der Waals surface area contributed by atoms with Crippen molar-refractivity contribution in [3.8, 4) is 11.5 Å². The minimum atomic E-state index is -0.369. The zero-order valence-corrected chi connectivity index (χ0v) is 27.0. The topological polar surface area (TPSA) is 132 Å². The molecule has 0 aliphatic carbocycles. The number of phenols is 1. The van der Waals surface area contributed by atoms with Crippen LogP contribution in [0.1, 0.15) is 98.4 Å². The Balaban J connectivity index is 0.00000588. The lowest BCUT2D eigenvalue weighted by molar-refractivity contribution is -0.118. The molecule has 10 heteroatoms. The summed E-state index contributed by atoms with van der Waals surface area (Å²) in [6.45, 7) is 16.5. The number of fused-ring (bicyclic) bond motifs is 1. The minimum absolute atomic E-state index is 0. The first-order chi connectivity index (χ1) is 18.5. The predicted octanol–water partition coefficient (Wildman–Crippen LogP) is 4.85. The van der Waals surface area contributed by atoms with E-state index in [0.29, 0.717) is 53.3 Å². The van der Waals surface area contributed by atoms with Crippen molar-refractivity contribution in [2.75, 3.05) is 26.2 Å². The fourth-order valence-electron chi connectivity index (χ4n) is 4.73. The summed E-state index contributed by atoms with van der Waals surface area (Å²) >= 11 is 0. The van der Waals surface area contributed by atoms with Gasteiger partial charge in [-0.1, -0.05) is 41.5 Å². The van der Waals surface area contributed by atoms with Crippen LogP contribution in [0, 0.1) is 5.41 Å². The first-order valence-electron chi connectivity index (χ1n) is 13.6. The van der Waals surface area contributed by atoms with Crippen LogP contribution in [0.25, 0.3) is 0 Å². The molecule has 1 aliphatic rings. The number of aromatic hydroxyl groups is 1. The molecule has 0 fully saturated rings. The molecule has 224 valence electrons. The van der Waals surface area contributed by atoms with E-state index in [4.69, 9.17) is 10.1 Å². The number of nitrogens with one attached hydrogen (secondary N) is 3. The van der Waals surface area contributed by atoms with E-state index in [0.717, 1.165) is 5.56 Å². The fourth-order valence-corrected chi connectivity index (χ4v) is 4.73. The van der Waals surface area contributed by atoms with Crippen molar-refractivity contribution >= 4 is 40.4 Å². The molecule has 0 bridgehead atoms. The monoisotopic (exact) mass is 630 g/mol. The van der Waals surface area contributed by atoms with E-state index >= 15 is 0 Å². The maximum atomic E-state index is 13.6. The van der Waals surface area contributed by atoms with Gasteiger partial charge in [-0.05, 0) is 47.6 Å². The average Bonchev–Trinajstić information content (AvgIpc) is 3.13. The highest BCUT2D eigenvalue weighted by Gasteiger charge is 2.31. The SMILES string of the molecule is Br.CCOc1cc2c(cc1C(=O)NCCNC(C)=O)C(=N)N(CC(=O)c1cc(C(C)(C)C)c(O)c(C(C)(C)C)c1)C2. The van der Waals surface area contributed by atoms with Crippen molar-refractivity contribution in [1.29, 1.82) is 5.41 Å². The van der Waals surface area contributed by atoms with Crippen molar-refractivity contribution < 1.29 is 24.2 Å². The van der Waals surface area contributed by atoms with Gasteiger partial charge in [-0.15, -0.1) is 17.0 Å². The normalized spacial score (nSPS) is 12.9. The highest BCUT2D eigenvalue weighted by atomic mass is 79.9. The number of rotatable bonds is 9. The van der Waals surface area contributed by atoms with E-state index in [1.54, 1.807) is 29.2 Å². The number of hydrogen-bond acceptors (Lipinski definition) is 6. The van der Waals surface area contributed by atoms with Crippen molar-refractivity contribution in [3.05, 3.63) is 57.6 Å². The molecule has 0 radical (unpaired) electrons. The summed E-state index contributed by atoms with van der Waals surface area (Å²) in [7, 11) is 0. The number of carbonyl (C=O) groups excluding carboxylic acids is 3. The van der Waals surface area contributed by atoms with Gasteiger partial charge in [0.05, 0.1) is 18.7 Å². The van der Waals surface area contributed by atoms with Crippen LogP contribution in [-0.2, 0) is 22.2 Å². The third kappa shape index (κ3) is 7.87. The molecular formula is C31H43BrN4O5. The number of hydrogen-bond donors (Lipinski definition) is 4. The molecule has 0 atom stereocenters. The summed E-state index contributed by atoms with van der Waals surface area (Å²) in [5, 5.41) is 25.2. The number of phenolic OH excluding ortho intramolecular Hbond substituents is 1. The maximum Gasteiger partial charge on any atom is 0.255 e. The summed E-state index contributed by atoms with van der Waals surface area (Å²) in [4.78, 5) is 39.3. The molecule has 2 amide bonds. The molecule has 1 aliphatic heterocycles. The highest BCUT2D eigenvalue weighted by molar-refractivity contribution is 8.93. The van der Waals surface area contributed by atoms with E-state index in [9.17, 15) is 19.5 Å². The molecule has 1 heterocycles. The molecule has 4 N–H and O–H groups in total. The number of halogens is 1. The largest absolute Gasteiger partial charge is 0.507 e. The second-order valence-electron chi connectivity index (χ2n) is 12.2. The summed E-state index contributed by atoms with van der Waals surface area (Å²) in [6, 6.07) is 6.92. The molecule has 9 nitrogen and oxygen atoms in total. The zero-order valence-electron chi connectivity index (χ0n) is 25.3. The lowest BCUT2D eigenvalue weighted by Crippen LogP contribution is -2.34. The summed E-state index contributed by atoms with van der Waals surface area (Å²) in [5.41, 5.74) is 2.83. The van der Waals surface area contributed by atoms with Gasteiger partial charge in [0, 0.05) is 48.8 Å². The number of amides is 2. The van der Waals surface area contributed by atoms with Crippen LogP contribution >= 0.6 is 17.0 Å². The summed E-state index contributed by atoms with van der Waals surface area (Å²) in [6.07, 6.45) is 0. The average molecular weight is 632 g/mol. The Morgan fingerprint density at radius 1 is 0.976 bits per heavy atom. The van der Waals surface area contributed by atoms with E-state index < -0.39 is 0 Å². The molecule has 3 rings (SSSR count). The van der Waals surface area contributed by atoms with Crippen LogP contribution in [0.5, 0.6) is 11.5 Å². The van der Waals surface area contributed by atoms with Gasteiger partial charge < -0.3 is 25.4 Å². The van der Waals surface area contributed by atoms with Crippen LogP contribution in [0.2, 0.25) is 0 Å². The predicted molar refractivity (Wildman–Crippen MR) is 166 cm³/mol. The Morgan fingerprint density at radius 2 is 1.54 bits per heavy atom. The number of ether oxygens (including phenoxy) is 1. The Kier molecular flexibility index (Phi) is 10.8. The van der Waals surface area contributed by atoms with Crippen molar-refractivity contribution in [2.45, 2.75) is 72.8 Å². The second kappa shape index (κ2) is 13.1. The molecule has 0 aromatic heterocycles. The standard InChI is InChI=1S/C31H42N4O5.BrH/c1-9-40-26-14-20-16-35(28(32)21(20)15-22(26)29(39)34-11-10-33-18(2)36)17-25(37)19-12-23(30(3,4)5)27(38)24(13-19)31(6,7)8;/h12-15,32,38H,9-11,16-17H2,1-8H3,(H,33,36)(H,34,39);1H. The van der Waals surface area contributed by atoms with E-state index in [2.05, 4.69) is 10.6 Å². The second-order valence-corrected chi connectivity index (χ2v) is 12.2. The Labute approximate surface area is 253 Å². The van der Waals surface area contributed by atoms with Gasteiger partial charge in [0.2, 0.25) is 5.91 Å². The first-order valence-corrected chi connectivity index (χ1v) is 13.6. The maximum absolute atomic E-state index is 13.6. The number of nitrogens with zero attached hydrogens (tertiary/aromatic N) is 1. The van der Waals surface area contributed by atoms with Crippen LogP contribution in [-0.4, -0.2) is 59.7 Å². The molecule has 2 aromatic carbocycles. The van der Waals surface area contributed by atoms with Crippen LogP contribution in [0.15, 0.2) is 24.3 Å². The number of amidine groups is 1. The van der Waals surface area contributed by atoms with Crippen molar-refractivity contribution in [2.24, 2.45) is 0 Å². The fraction of sp³-hybridized carbons (Fsp3) is 0.484. The summed E-state index contributed by atoms with van der Waals surface area (Å²) < 4.78 is 5.74. The van der Waals surface area contributed by atoms with Gasteiger partial charge in [0.25, 0.3) is 5.91 Å². The number of benzene rings is 2. The lowest BCUT2D eigenvalue weighted by Gasteiger charge is -2.28. The van der Waals surface area contributed by atoms with Gasteiger partial charge in [0.1, 0.15) is 17.3 Å². The van der Waals surface area contributed by atoms with Crippen LogP contribution in [0.4, 0.5) is 0 Å². The number of Topliss-reactive ketones (excluding diaryl/α,β-unsaturated/α-hetero) is 1. The Bertz CT molecular complexity index is 1310. The van der Waals surface area contributed by atoms with E-state index in [1.807, 2.05) is 48.5 Å². The molecule has 0 spiro atoms. The molecular weight excluding hydrogens is 588 g/mol.